The molecule has 0 unspecified atom stereocenters. The number of aromatic nitrogens is 3. The van der Waals surface area contributed by atoms with E-state index in [-0.39, 0.29) is 11.4 Å². The van der Waals surface area contributed by atoms with Crippen LogP contribution in [0.2, 0.25) is 10.0 Å². The van der Waals surface area contributed by atoms with Crippen LogP contribution in [0.15, 0.2) is 48.8 Å². The normalized spacial score (nSPS) is 16.0. The highest BCUT2D eigenvalue weighted by atomic mass is 35.5. The number of pyridine rings is 1. The van der Waals surface area contributed by atoms with Crippen LogP contribution in [0, 0.1) is 0 Å². The molecule has 6 rings (SSSR count). The number of carbonyl (C=O) groups excluding carboxylic acids is 2. The zero-order chi connectivity index (χ0) is 32.2. The number of aryl methyl sites for hydroxylation is 1. The van der Waals surface area contributed by atoms with Gasteiger partial charge >= 0.3 is 0 Å². The van der Waals surface area contributed by atoms with Crippen molar-refractivity contribution in [3.8, 4) is 33.8 Å². The first kappa shape index (κ1) is 31.1. The van der Waals surface area contributed by atoms with Crippen molar-refractivity contribution in [2.45, 2.75) is 52.1 Å². The standard InChI is InChI=1S/C34H36Cl2N6O3/c1-19(2)40-8-9-41(34(3,4)18-40)33(44)30-26-7-6-20-11-29(45-5)27(21-10-22(32(37)43)17-38-16-21)15-28(20)31(26)42(39-30)25-13-23(35)12-24(36)14-25/h10-17,19H,6-9,18H2,1-5H3,(H2,37,43). The molecule has 0 radical (unpaired) electrons. The molecule has 1 aliphatic carbocycles. The van der Waals surface area contributed by atoms with Crippen LogP contribution in [0.3, 0.4) is 0 Å². The minimum absolute atomic E-state index is 0.0953. The number of rotatable bonds is 6. The lowest BCUT2D eigenvalue weighted by Crippen LogP contribution is -2.62. The largest absolute Gasteiger partial charge is 0.496 e. The maximum atomic E-state index is 14.5. The smallest absolute Gasteiger partial charge is 0.275 e. The maximum absolute atomic E-state index is 14.5. The quantitative estimate of drug-likeness (QED) is 0.273. The van der Waals surface area contributed by atoms with E-state index in [1.807, 2.05) is 17.0 Å². The molecule has 1 aliphatic heterocycles. The summed E-state index contributed by atoms with van der Waals surface area (Å²) < 4.78 is 7.59. The van der Waals surface area contributed by atoms with Crippen LogP contribution in [-0.4, -0.2) is 74.7 Å². The van der Waals surface area contributed by atoms with Crippen LogP contribution in [0.4, 0.5) is 0 Å². The van der Waals surface area contributed by atoms with Crippen molar-refractivity contribution >= 4 is 35.0 Å². The molecule has 0 spiro atoms. The molecule has 2 aliphatic rings. The van der Waals surface area contributed by atoms with Crippen LogP contribution in [0.25, 0.3) is 28.1 Å². The highest BCUT2D eigenvalue weighted by Crippen LogP contribution is 2.44. The average molecular weight is 648 g/mol. The van der Waals surface area contributed by atoms with Crippen LogP contribution < -0.4 is 10.5 Å². The van der Waals surface area contributed by atoms with Crippen LogP contribution >= 0.6 is 23.2 Å². The lowest BCUT2D eigenvalue weighted by Gasteiger charge is -2.48. The predicted octanol–water partition coefficient (Wildman–Crippen LogP) is 6.06. The van der Waals surface area contributed by atoms with Gasteiger partial charge in [-0.3, -0.25) is 19.5 Å². The fraction of sp³-hybridized carbons (Fsp3) is 0.353. The van der Waals surface area contributed by atoms with Crippen molar-refractivity contribution in [1.82, 2.24) is 24.6 Å². The summed E-state index contributed by atoms with van der Waals surface area (Å²) in [6.07, 6.45) is 4.41. The average Bonchev–Trinajstić information content (AvgIpc) is 3.39. The topological polar surface area (TPSA) is 107 Å². The zero-order valence-corrected chi connectivity index (χ0v) is 27.5. The van der Waals surface area contributed by atoms with Gasteiger partial charge in [-0.1, -0.05) is 23.2 Å². The number of hydrogen-bond acceptors (Lipinski definition) is 6. The molecule has 2 N–H and O–H groups in total. The SMILES string of the molecule is COc1cc2c(cc1-c1cncc(C(N)=O)c1)-c1c(c(C(=O)N3CCN(C(C)C)CC3(C)C)nn1-c1cc(Cl)cc(Cl)c1)CC2. The molecule has 234 valence electrons. The van der Waals surface area contributed by atoms with Crippen molar-refractivity contribution in [1.29, 1.82) is 0 Å². The van der Waals surface area contributed by atoms with Gasteiger partial charge in [0.15, 0.2) is 5.69 Å². The molecule has 2 amide bonds. The van der Waals surface area contributed by atoms with Gasteiger partial charge in [-0.05, 0) is 82.5 Å². The molecule has 0 bridgehead atoms. The monoisotopic (exact) mass is 646 g/mol. The van der Waals surface area contributed by atoms with Crippen molar-refractivity contribution in [3.05, 3.63) is 81.2 Å². The molecule has 0 atom stereocenters. The Morgan fingerprint density at radius 3 is 2.36 bits per heavy atom. The summed E-state index contributed by atoms with van der Waals surface area (Å²) in [6.45, 7) is 10.8. The first-order valence-electron chi connectivity index (χ1n) is 15.0. The van der Waals surface area contributed by atoms with Gasteiger partial charge in [-0.2, -0.15) is 5.10 Å². The van der Waals surface area contributed by atoms with Gasteiger partial charge in [0.1, 0.15) is 5.75 Å². The number of piperazine rings is 1. The first-order chi connectivity index (χ1) is 21.4. The Morgan fingerprint density at radius 2 is 1.71 bits per heavy atom. The Balaban J connectivity index is 1.55. The van der Waals surface area contributed by atoms with Gasteiger partial charge < -0.3 is 15.4 Å². The molecule has 45 heavy (non-hydrogen) atoms. The second-order valence-corrected chi connectivity index (χ2v) is 13.5. The summed E-state index contributed by atoms with van der Waals surface area (Å²) in [4.78, 5) is 35.0. The number of methoxy groups -OCH3 is 1. The van der Waals surface area contributed by atoms with Gasteiger partial charge in [0.2, 0.25) is 5.91 Å². The first-order valence-corrected chi connectivity index (χ1v) is 15.7. The Morgan fingerprint density at radius 1 is 0.978 bits per heavy atom. The summed E-state index contributed by atoms with van der Waals surface area (Å²) >= 11 is 12.9. The molecule has 2 aromatic heterocycles. The highest BCUT2D eigenvalue weighted by molar-refractivity contribution is 6.34. The van der Waals surface area contributed by atoms with Gasteiger partial charge in [-0.25, -0.2) is 4.68 Å². The molecule has 0 saturated carbocycles. The van der Waals surface area contributed by atoms with E-state index in [1.165, 1.54) is 6.20 Å². The number of hydrogen-bond donors (Lipinski definition) is 1. The molecule has 3 heterocycles. The van der Waals surface area contributed by atoms with Crippen LogP contribution in [0.5, 0.6) is 5.75 Å². The van der Waals surface area contributed by atoms with Crippen LogP contribution in [0.1, 0.15) is 59.7 Å². The van der Waals surface area contributed by atoms with E-state index in [1.54, 1.807) is 42.3 Å². The number of benzene rings is 2. The van der Waals surface area contributed by atoms with Gasteiger partial charge in [0.05, 0.1) is 29.6 Å². The molecule has 9 nitrogen and oxygen atoms in total. The van der Waals surface area contributed by atoms with E-state index < -0.39 is 5.91 Å². The zero-order valence-electron chi connectivity index (χ0n) is 26.0. The number of halogens is 2. The second kappa shape index (κ2) is 11.8. The number of nitrogens with zero attached hydrogens (tertiary/aromatic N) is 5. The summed E-state index contributed by atoms with van der Waals surface area (Å²) in [5.41, 5.74) is 11.5. The Kier molecular flexibility index (Phi) is 8.14. The molecule has 1 fully saturated rings. The Hall–Kier alpha value is -3.92. The Bertz CT molecular complexity index is 1810. The van der Waals surface area contributed by atoms with Crippen molar-refractivity contribution in [2.24, 2.45) is 5.73 Å². The third-order valence-corrected chi connectivity index (χ3v) is 9.28. The third-order valence-electron chi connectivity index (χ3n) is 8.84. The molecule has 1 saturated heterocycles. The summed E-state index contributed by atoms with van der Waals surface area (Å²) in [7, 11) is 1.61. The number of carbonyl (C=O) groups is 2. The van der Waals surface area contributed by atoms with Crippen molar-refractivity contribution in [2.75, 3.05) is 26.7 Å². The van der Waals surface area contributed by atoms with Crippen molar-refractivity contribution in [3.63, 3.8) is 0 Å². The maximum Gasteiger partial charge on any atom is 0.275 e. The number of primary amides is 1. The summed E-state index contributed by atoms with van der Waals surface area (Å²) in [5, 5.41) is 5.93. The predicted molar refractivity (Wildman–Crippen MR) is 177 cm³/mol. The fourth-order valence-corrected chi connectivity index (χ4v) is 7.06. The minimum Gasteiger partial charge on any atom is -0.496 e. The summed E-state index contributed by atoms with van der Waals surface area (Å²) in [5.74, 6) is -0.0274. The lowest BCUT2D eigenvalue weighted by molar-refractivity contribution is 0.00875. The second-order valence-electron chi connectivity index (χ2n) is 12.6. The van der Waals surface area contributed by atoms with Crippen LogP contribution in [-0.2, 0) is 12.8 Å². The summed E-state index contributed by atoms with van der Waals surface area (Å²) in [6, 6.07) is 11.4. The number of amides is 2. The minimum atomic E-state index is -0.570. The van der Waals surface area contributed by atoms with Gasteiger partial charge in [-0.15, -0.1) is 0 Å². The fourth-order valence-electron chi connectivity index (χ4n) is 6.55. The number of fused-ring (bicyclic) bond motifs is 3. The van der Waals surface area contributed by atoms with E-state index in [9.17, 15) is 9.59 Å². The van der Waals surface area contributed by atoms with E-state index in [0.29, 0.717) is 63.7 Å². The molecule has 2 aromatic carbocycles. The van der Waals surface area contributed by atoms with Gasteiger partial charge in [0, 0.05) is 70.4 Å². The van der Waals surface area contributed by atoms with E-state index in [4.69, 9.17) is 38.8 Å². The molecular formula is C34H36Cl2N6O3. The van der Waals surface area contributed by atoms with E-state index >= 15 is 0 Å². The lowest BCUT2D eigenvalue weighted by atomic mass is 9.85. The molecule has 11 heteroatoms. The third kappa shape index (κ3) is 5.69. The molecular weight excluding hydrogens is 611 g/mol. The van der Waals surface area contributed by atoms with E-state index in [2.05, 4.69) is 37.6 Å². The number of ether oxygens (including phenoxy) is 1. The van der Waals surface area contributed by atoms with E-state index in [0.717, 1.165) is 41.0 Å². The molecule has 4 aromatic rings. The highest BCUT2D eigenvalue weighted by Gasteiger charge is 2.40. The van der Waals surface area contributed by atoms with Crippen molar-refractivity contribution < 1.29 is 14.3 Å². The van der Waals surface area contributed by atoms with Gasteiger partial charge in [0.25, 0.3) is 5.91 Å². The Labute approximate surface area is 272 Å². The number of nitrogens with two attached hydrogens (primary N) is 1.